The lowest BCUT2D eigenvalue weighted by Gasteiger charge is -2.22. The Hall–Kier alpha value is -1.88. The molecule has 1 aliphatic rings. The van der Waals surface area contributed by atoms with Crippen LogP contribution in [0.15, 0.2) is 22.6 Å². The molecular formula is C16H21N3O2. The molecule has 1 amide bonds. The third-order valence-corrected chi connectivity index (χ3v) is 3.89. The van der Waals surface area contributed by atoms with Crippen LogP contribution in [0.2, 0.25) is 0 Å². The van der Waals surface area contributed by atoms with Crippen molar-refractivity contribution < 1.29 is 9.21 Å². The minimum atomic E-state index is 0.0715. The molecule has 21 heavy (non-hydrogen) atoms. The fourth-order valence-electron chi connectivity index (χ4n) is 2.78. The minimum Gasteiger partial charge on any atom is -0.441 e. The Morgan fingerprint density at radius 3 is 3.19 bits per heavy atom. The summed E-state index contributed by atoms with van der Waals surface area (Å²) in [6.45, 7) is 4.02. The van der Waals surface area contributed by atoms with Crippen molar-refractivity contribution in [1.29, 1.82) is 0 Å². The summed E-state index contributed by atoms with van der Waals surface area (Å²) >= 11 is 0. The van der Waals surface area contributed by atoms with E-state index < -0.39 is 0 Å². The van der Waals surface area contributed by atoms with Crippen LogP contribution in [0.3, 0.4) is 0 Å². The molecular weight excluding hydrogens is 266 g/mol. The fraction of sp³-hybridized carbons (Fsp3) is 0.500. The van der Waals surface area contributed by atoms with Crippen molar-refractivity contribution in [2.24, 2.45) is 5.92 Å². The standard InChI is InChI=1S/C16H21N3O2/c1-2-16-19-13-9-12(5-6-14(13)21-16)18-15(20)8-11-4-3-7-17-10-11/h5-6,9,11,17H,2-4,7-8,10H2,1H3,(H,18,20). The molecule has 1 aliphatic heterocycles. The molecule has 112 valence electrons. The van der Waals surface area contributed by atoms with Gasteiger partial charge in [0.2, 0.25) is 5.91 Å². The molecule has 0 saturated carbocycles. The van der Waals surface area contributed by atoms with Crippen molar-refractivity contribution in [1.82, 2.24) is 10.3 Å². The summed E-state index contributed by atoms with van der Waals surface area (Å²) in [4.78, 5) is 16.5. The maximum Gasteiger partial charge on any atom is 0.224 e. The summed E-state index contributed by atoms with van der Waals surface area (Å²) in [6.07, 6.45) is 3.63. The van der Waals surface area contributed by atoms with Crippen LogP contribution in [0, 0.1) is 5.92 Å². The van der Waals surface area contributed by atoms with Gasteiger partial charge in [-0.3, -0.25) is 4.79 Å². The van der Waals surface area contributed by atoms with Gasteiger partial charge < -0.3 is 15.1 Å². The molecule has 3 rings (SSSR count). The number of hydrogen-bond donors (Lipinski definition) is 2. The van der Waals surface area contributed by atoms with Gasteiger partial charge in [0.1, 0.15) is 5.52 Å². The van der Waals surface area contributed by atoms with Gasteiger partial charge in [-0.05, 0) is 50.0 Å². The van der Waals surface area contributed by atoms with Gasteiger partial charge in [0.05, 0.1) is 0 Å². The third-order valence-electron chi connectivity index (χ3n) is 3.89. The number of piperidine rings is 1. The van der Waals surface area contributed by atoms with E-state index in [2.05, 4.69) is 15.6 Å². The number of aryl methyl sites for hydroxylation is 1. The van der Waals surface area contributed by atoms with Crippen molar-refractivity contribution in [3.05, 3.63) is 24.1 Å². The topological polar surface area (TPSA) is 67.2 Å². The number of anilines is 1. The Labute approximate surface area is 124 Å². The second kappa shape index (κ2) is 6.26. The largest absolute Gasteiger partial charge is 0.441 e. The molecule has 1 fully saturated rings. The van der Waals surface area contributed by atoms with Crippen LogP contribution in [-0.2, 0) is 11.2 Å². The van der Waals surface area contributed by atoms with Crippen LogP contribution in [0.1, 0.15) is 32.1 Å². The van der Waals surface area contributed by atoms with Crippen LogP contribution in [0.25, 0.3) is 11.1 Å². The number of benzene rings is 1. The average Bonchev–Trinajstić information content (AvgIpc) is 2.90. The van der Waals surface area contributed by atoms with Crippen LogP contribution >= 0.6 is 0 Å². The zero-order chi connectivity index (χ0) is 14.7. The molecule has 2 aromatic rings. The van der Waals surface area contributed by atoms with Crippen molar-refractivity contribution in [3.63, 3.8) is 0 Å². The first-order valence-electron chi connectivity index (χ1n) is 7.64. The average molecular weight is 287 g/mol. The van der Waals surface area contributed by atoms with Gasteiger partial charge >= 0.3 is 0 Å². The summed E-state index contributed by atoms with van der Waals surface area (Å²) in [7, 11) is 0. The predicted molar refractivity (Wildman–Crippen MR) is 82.2 cm³/mol. The van der Waals surface area contributed by atoms with E-state index in [1.54, 1.807) is 0 Å². The van der Waals surface area contributed by atoms with Gasteiger partial charge in [0, 0.05) is 18.5 Å². The lowest BCUT2D eigenvalue weighted by Crippen LogP contribution is -2.32. The van der Waals surface area contributed by atoms with Gasteiger partial charge in [0.15, 0.2) is 11.5 Å². The molecule has 5 heteroatoms. The molecule has 1 saturated heterocycles. The highest BCUT2D eigenvalue weighted by atomic mass is 16.3. The first-order chi connectivity index (χ1) is 10.2. The van der Waals surface area contributed by atoms with Gasteiger partial charge in [-0.15, -0.1) is 0 Å². The number of carbonyl (C=O) groups excluding carboxylic acids is 1. The lowest BCUT2D eigenvalue weighted by molar-refractivity contribution is -0.117. The lowest BCUT2D eigenvalue weighted by atomic mass is 9.96. The zero-order valence-electron chi connectivity index (χ0n) is 12.3. The molecule has 0 bridgehead atoms. The molecule has 1 aromatic carbocycles. The summed E-state index contributed by atoms with van der Waals surface area (Å²) in [5.41, 5.74) is 2.34. The highest BCUT2D eigenvalue weighted by molar-refractivity contribution is 5.92. The van der Waals surface area contributed by atoms with Crippen molar-refractivity contribution in [2.45, 2.75) is 32.6 Å². The Balaban J connectivity index is 1.64. The smallest absolute Gasteiger partial charge is 0.224 e. The van der Waals surface area contributed by atoms with E-state index in [1.165, 1.54) is 0 Å². The highest BCUT2D eigenvalue weighted by Gasteiger charge is 2.17. The van der Waals surface area contributed by atoms with E-state index in [-0.39, 0.29) is 5.91 Å². The van der Waals surface area contributed by atoms with E-state index in [0.29, 0.717) is 12.3 Å². The summed E-state index contributed by atoms with van der Waals surface area (Å²) in [5, 5.41) is 6.30. The maximum absolute atomic E-state index is 12.1. The first-order valence-corrected chi connectivity index (χ1v) is 7.64. The number of oxazole rings is 1. The maximum atomic E-state index is 12.1. The van der Waals surface area contributed by atoms with Crippen molar-refractivity contribution in [2.75, 3.05) is 18.4 Å². The quantitative estimate of drug-likeness (QED) is 0.907. The Morgan fingerprint density at radius 1 is 1.52 bits per heavy atom. The van der Waals surface area contributed by atoms with Gasteiger partial charge in [-0.1, -0.05) is 6.92 Å². The molecule has 1 atom stereocenters. The van der Waals surface area contributed by atoms with E-state index in [4.69, 9.17) is 4.42 Å². The molecule has 2 heterocycles. The number of hydrogen-bond acceptors (Lipinski definition) is 4. The SMILES string of the molecule is CCc1nc2cc(NC(=O)CC3CCCNC3)ccc2o1. The van der Waals surface area contributed by atoms with Gasteiger partial charge in [0.25, 0.3) is 0 Å². The second-order valence-corrected chi connectivity index (χ2v) is 5.61. The molecule has 2 N–H and O–H groups in total. The van der Waals surface area contributed by atoms with E-state index in [0.717, 1.165) is 55.0 Å². The highest BCUT2D eigenvalue weighted by Crippen LogP contribution is 2.21. The number of fused-ring (bicyclic) bond motifs is 1. The summed E-state index contributed by atoms with van der Waals surface area (Å²) in [5.74, 6) is 1.24. The fourth-order valence-corrected chi connectivity index (χ4v) is 2.78. The van der Waals surface area contributed by atoms with Crippen LogP contribution in [0.5, 0.6) is 0 Å². The predicted octanol–water partition coefficient (Wildman–Crippen LogP) is 2.72. The minimum absolute atomic E-state index is 0.0715. The first kappa shape index (κ1) is 14.1. The monoisotopic (exact) mass is 287 g/mol. The molecule has 0 aliphatic carbocycles. The van der Waals surface area contributed by atoms with Crippen LogP contribution < -0.4 is 10.6 Å². The zero-order valence-corrected chi connectivity index (χ0v) is 12.3. The van der Waals surface area contributed by atoms with Crippen molar-refractivity contribution >= 4 is 22.7 Å². The molecule has 1 aromatic heterocycles. The van der Waals surface area contributed by atoms with Gasteiger partial charge in [-0.2, -0.15) is 0 Å². The number of aromatic nitrogens is 1. The summed E-state index contributed by atoms with van der Waals surface area (Å²) in [6, 6.07) is 5.60. The van der Waals surface area contributed by atoms with E-state index in [9.17, 15) is 4.79 Å². The van der Waals surface area contributed by atoms with E-state index >= 15 is 0 Å². The van der Waals surface area contributed by atoms with Crippen LogP contribution in [0.4, 0.5) is 5.69 Å². The Bertz CT molecular complexity index is 629. The second-order valence-electron chi connectivity index (χ2n) is 5.61. The number of carbonyl (C=O) groups is 1. The molecule has 0 radical (unpaired) electrons. The third kappa shape index (κ3) is 3.42. The normalized spacial score (nSPS) is 18.8. The van der Waals surface area contributed by atoms with Gasteiger partial charge in [-0.25, -0.2) is 4.98 Å². The Kier molecular flexibility index (Phi) is 4.20. The number of rotatable bonds is 4. The number of nitrogens with zero attached hydrogens (tertiary/aromatic N) is 1. The molecule has 5 nitrogen and oxygen atoms in total. The number of nitrogens with one attached hydrogen (secondary N) is 2. The van der Waals surface area contributed by atoms with E-state index in [1.807, 2.05) is 25.1 Å². The van der Waals surface area contributed by atoms with Crippen LogP contribution in [-0.4, -0.2) is 24.0 Å². The molecule has 1 unspecified atom stereocenters. The Morgan fingerprint density at radius 2 is 2.43 bits per heavy atom. The molecule has 0 spiro atoms. The number of amides is 1. The summed E-state index contributed by atoms with van der Waals surface area (Å²) < 4.78 is 5.57. The van der Waals surface area contributed by atoms with Crippen molar-refractivity contribution in [3.8, 4) is 0 Å².